The van der Waals surface area contributed by atoms with Gasteiger partial charge in [-0.15, -0.1) is 0 Å². The second-order valence-electron chi connectivity index (χ2n) is 5.08. The summed E-state index contributed by atoms with van der Waals surface area (Å²) in [5.74, 6) is -0.0660. The molecule has 0 bridgehead atoms. The van der Waals surface area contributed by atoms with Gasteiger partial charge in [0.05, 0.1) is 18.8 Å². The van der Waals surface area contributed by atoms with Crippen LogP contribution in [0.25, 0.3) is 0 Å². The molecule has 1 aliphatic heterocycles. The largest absolute Gasteiger partial charge is 0.388 e. The van der Waals surface area contributed by atoms with Crippen LogP contribution >= 0.6 is 0 Å². The predicted molar refractivity (Wildman–Crippen MR) is 63.7 cm³/mol. The lowest BCUT2D eigenvalue weighted by atomic mass is 9.85. The number of ether oxygens (including phenoxy) is 1. The van der Waals surface area contributed by atoms with Crippen LogP contribution in [0.15, 0.2) is 0 Å². The van der Waals surface area contributed by atoms with Gasteiger partial charge in [0.25, 0.3) is 0 Å². The molecule has 98 valence electrons. The van der Waals surface area contributed by atoms with Crippen LogP contribution in [-0.2, 0) is 9.53 Å². The second-order valence-corrected chi connectivity index (χ2v) is 5.08. The Hall–Kier alpha value is -0.650. The van der Waals surface area contributed by atoms with Gasteiger partial charge in [-0.05, 0) is 12.8 Å². The molecule has 3 N–H and O–H groups in total. The van der Waals surface area contributed by atoms with Crippen molar-refractivity contribution in [3.63, 3.8) is 0 Å². The van der Waals surface area contributed by atoms with Gasteiger partial charge in [0.15, 0.2) is 0 Å². The van der Waals surface area contributed by atoms with E-state index in [1.165, 1.54) is 6.42 Å². The van der Waals surface area contributed by atoms with Crippen LogP contribution in [0.1, 0.15) is 32.1 Å². The highest BCUT2D eigenvalue weighted by Crippen LogP contribution is 2.27. The fourth-order valence-electron chi connectivity index (χ4n) is 2.50. The number of carbonyl (C=O) groups excluding carboxylic acids is 1. The molecule has 1 saturated heterocycles. The Kier molecular flexibility index (Phi) is 4.36. The Morgan fingerprint density at radius 1 is 1.41 bits per heavy atom. The molecule has 5 nitrogen and oxygen atoms in total. The molecule has 0 aromatic rings. The number of carbonyl (C=O) groups is 1. The summed E-state index contributed by atoms with van der Waals surface area (Å²) in [6, 6.07) is -0.268. The first-order chi connectivity index (χ1) is 8.20. The summed E-state index contributed by atoms with van der Waals surface area (Å²) < 4.78 is 5.23. The number of amides is 1. The number of rotatable bonds is 3. The first kappa shape index (κ1) is 12.8. The van der Waals surface area contributed by atoms with Gasteiger partial charge >= 0.3 is 0 Å². The first-order valence-corrected chi connectivity index (χ1v) is 6.51. The van der Waals surface area contributed by atoms with Crippen LogP contribution in [0.2, 0.25) is 0 Å². The second kappa shape index (κ2) is 5.80. The van der Waals surface area contributed by atoms with Crippen LogP contribution in [0.3, 0.4) is 0 Å². The zero-order valence-corrected chi connectivity index (χ0v) is 10.2. The highest BCUT2D eigenvalue weighted by molar-refractivity contribution is 5.82. The van der Waals surface area contributed by atoms with Gasteiger partial charge in [-0.2, -0.15) is 0 Å². The average molecular weight is 242 g/mol. The Balaban J connectivity index is 1.74. The van der Waals surface area contributed by atoms with Crippen LogP contribution in [-0.4, -0.2) is 49.0 Å². The fraction of sp³-hybridized carbons (Fsp3) is 0.917. The molecule has 1 atom stereocenters. The smallest absolute Gasteiger partial charge is 0.239 e. The van der Waals surface area contributed by atoms with E-state index in [-0.39, 0.29) is 11.9 Å². The molecule has 1 unspecified atom stereocenters. The van der Waals surface area contributed by atoms with Crippen LogP contribution < -0.4 is 10.6 Å². The van der Waals surface area contributed by atoms with Crippen LogP contribution in [0.4, 0.5) is 0 Å². The molecular formula is C12H22N2O3. The van der Waals surface area contributed by atoms with Crippen molar-refractivity contribution in [1.82, 2.24) is 10.6 Å². The van der Waals surface area contributed by atoms with Crippen molar-refractivity contribution in [2.75, 3.05) is 26.3 Å². The van der Waals surface area contributed by atoms with E-state index in [0.29, 0.717) is 26.3 Å². The minimum absolute atomic E-state index is 0.0660. The first-order valence-electron chi connectivity index (χ1n) is 6.51. The van der Waals surface area contributed by atoms with E-state index in [4.69, 9.17) is 4.74 Å². The molecule has 17 heavy (non-hydrogen) atoms. The summed E-state index contributed by atoms with van der Waals surface area (Å²) in [5.41, 5.74) is -0.691. The lowest BCUT2D eigenvalue weighted by Gasteiger charge is -2.33. The molecule has 1 aliphatic carbocycles. The number of hydrogen-bond acceptors (Lipinski definition) is 4. The van der Waals surface area contributed by atoms with Crippen molar-refractivity contribution in [3.05, 3.63) is 0 Å². The molecule has 2 fully saturated rings. The van der Waals surface area contributed by atoms with Crippen molar-refractivity contribution in [1.29, 1.82) is 0 Å². The summed E-state index contributed by atoms with van der Waals surface area (Å²) in [6.45, 7) is 2.16. The molecule has 2 aliphatic rings. The van der Waals surface area contributed by atoms with Gasteiger partial charge in [0.2, 0.25) is 5.91 Å². The molecular weight excluding hydrogens is 220 g/mol. The quantitative estimate of drug-likeness (QED) is 0.640. The Labute approximate surface area is 102 Å². The van der Waals surface area contributed by atoms with Crippen LogP contribution in [0, 0.1) is 0 Å². The van der Waals surface area contributed by atoms with E-state index < -0.39 is 5.60 Å². The number of morpholine rings is 1. The summed E-state index contributed by atoms with van der Waals surface area (Å²) in [5, 5.41) is 16.2. The van der Waals surface area contributed by atoms with Gasteiger partial charge in [-0.25, -0.2) is 0 Å². The third-order valence-corrected chi connectivity index (χ3v) is 3.61. The van der Waals surface area contributed by atoms with E-state index in [1.54, 1.807) is 0 Å². The zero-order chi connectivity index (χ0) is 12.1. The predicted octanol–water partition coefficient (Wildman–Crippen LogP) is -0.214. The molecule has 0 aromatic heterocycles. The number of aliphatic hydroxyl groups is 1. The van der Waals surface area contributed by atoms with Crippen molar-refractivity contribution in [2.24, 2.45) is 0 Å². The number of hydrogen-bond donors (Lipinski definition) is 3. The molecule has 1 amide bonds. The third-order valence-electron chi connectivity index (χ3n) is 3.61. The van der Waals surface area contributed by atoms with E-state index in [2.05, 4.69) is 10.6 Å². The lowest BCUT2D eigenvalue weighted by Crippen LogP contribution is -2.54. The number of nitrogens with one attached hydrogen (secondary N) is 2. The van der Waals surface area contributed by atoms with Gasteiger partial charge in [-0.1, -0.05) is 19.3 Å². The monoisotopic (exact) mass is 242 g/mol. The maximum absolute atomic E-state index is 11.8. The highest BCUT2D eigenvalue weighted by atomic mass is 16.5. The maximum Gasteiger partial charge on any atom is 0.239 e. The molecule has 0 aromatic carbocycles. The van der Waals surface area contributed by atoms with Crippen molar-refractivity contribution >= 4 is 5.91 Å². The normalized spacial score (nSPS) is 28.6. The Bertz CT molecular complexity index is 258. The summed E-state index contributed by atoms with van der Waals surface area (Å²) in [4.78, 5) is 11.8. The van der Waals surface area contributed by atoms with Gasteiger partial charge < -0.3 is 20.5 Å². The maximum atomic E-state index is 11.8. The Morgan fingerprint density at radius 2 is 2.18 bits per heavy atom. The van der Waals surface area contributed by atoms with Crippen molar-refractivity contribution in [3.8, 4) is 0 Å². The van der Waals surface area contributed by atoms with E-state index in [1.807, 2.05) is 0 Å². The van der Waals surface area contributed by atoms with Crippen molar-refractivity contribution < 1.29 is 14.6 Å². The van der Waals surface area contributed by atoms with E-state index in [0.717, 1.165) is 25.7 Å². The molecule has 1 heterocycles. The Morgan fingerprint density at radius 3 is 2.82 bits per heavy atom. The zero-order valence-electron chi connectivity index (χ0n) is 10.2. The van der Waals surface area contributed by atoms with Gasteiger partial charge in [-0.3, -0.25) is 4.79 Å². The fourth-order valence-corrected chi connectivity index (χ4v) is 2.50. The summed E-state index contributed by atoms with van der Waals surface area (Å²) >= 11 is 0. The lowest BCUT2D eigenvalue weighted by molar-refractivity contribution is -0.127. The molecule has 1 saturated carbocycles. The van der Waals surface area contributed by atoms with E-state index in [9.17, 15) is 9.90 Å². The topological polar surface area (TPSA) is 70.6 Å². The van der Waals surface area contributed by atoms with Gasteiger partial charge in [0.1, 0.15) is 6.04 Å². The van der Waals surface area contributed by atoms with E-state index >= 15 is 0 Å². The average Bonchev–Trinajstić information content (AvgIpc) is 2.38. The SMILES string of the molecule is O=C(NCC1(O)CCCCC1)C1COCCN1. The molecule has 0 spiro atoms. The highest BCUT2D eigenvalue weighted by Gasteiger charge is 2.30. The van der Waals surface area contributed by atoms with Crippen LogP contribution in [0.5, 0.6) is 0 Å². The molecule has 5 heteroatoms. The summed E-state index contributed by atoms with van der Waals surface area (Å²) in [7, 11) is 0. The van der Waals surface area contributed by atoms with Gasteiger partial charge in [0, 0.05) is 13.1 Å². The minimum Gasteiger partial charge on any atom is -0.388 e. The summed E-state index contributed by atoms with van der Waals surface area (Å²) in [6.07, 6.45) is 4.88. The third kappa shape index (κ3) is 3.66. The molecule has 2 rings (SSSR count). The minimum atomic E-state index is -0.691. The molecule has 0 radical (unpaired) electrons. The standard InChI is InChI=1S/C12H22N2O3/c15-11(10-8-17-7-6-13-10)14-9-12(16)4-2-1-3-5-12/h10,13,16H,1-9H2,(H,14,15). The van der Waals surface area contributed by atoms with Crippen molar-refractivity contribution in [2.45, 2.75) is 43.7 Å².